The normalized spacial score (nSPS) is 12.4. The van der Waals surface area contributed by atoms with Gasteiger partial charge in [-0.2, -0.15) is 4.31 Å². The third kappa shape index (κ3) is 5.13. The topological polar surface area (TPSA) is 91.9 Å². The first kappa shape index (κ1) is 26.2. The van der Waals surface area contributed by atoms with Gasteiger partial charge >= 0.3 is 0 Å². The lowest BCUT2D eigenvalue weighted by molar-refractivity contribution is -0.140. The molecule has 36 heavy (non-hydrogen) atoms. The summed E-state index contributed by atoms with van der Waals surface area (Å²) in [4.78, 5) is 3.67. The third-order valence-corrected chi connectivity index (χ3v) is 8.31. The van der Waals surface area contributed by atoms with Gasteiger partial charge in [-0.1, -0.05) is 23.8 Å². The first-order valence-electron chi connectivity index (χ1n) is 12.2. The molecule has 0 saturated heterocycles. The van der Waals surface area contributed by atoms with Gasteiger partial charge in [0.1, 0.15) is 5.75 Å². The van der Waals surface area contributed by atoms with E-state index >= 15 is 0 Å². The van der Waals surface area contributed by atoms with Crippen LogP contribution in [0, 0.1) is 20.8 Å². The molecular weight excluding hydrogens is 476 g/mol. The van der Waals surface area contributed by atoms with Crippen molar-refractivity contribution in [3.05, 3.63) is 70.8 Å². The van der Waals surface area contributed by atoms with Crippen LogP contribution in [-0.4, -0.2) is 48.9 Å². The van der Waals surface area contributed by atoms with Gasteiger partial charge in [-0.05, 0) is 81.6 Å². The van der Waals surface area contributed by atoms with Crippen LogP contribution in [0.15, 0.2) is 53.4 Å². The summed E-state index contributed by atoms with van der Waals surface area (Å²) in [5.41, 5.74) is 5.73. The minimum absolute atomic E-state index is 0.0586. The smallest absolute Gasteiger partial charge is 0.243 e. The van der Waals surface area contributed by atoms with Crippen LogP contribution in [0.3, 0.4) is 0 Å². The van der Waals surface area contributed by atoms with Gasteiger partial charge < -0.3 is 19.6 Å². The van der Waals surface area contributed by atoms with E-state index in [1.807, 2.05) is 46.8 Å². The molecule has 0 saturated carbocycles. The number of aromatic hydroxyl groups is 1. The lowest BCUT2D eigenvalue weighted by Crippen LogP contribution is -2.39. The number of aryl methyl sites for hydroxylation is 3. The molecule has 0 radical (unpaired) electrons. The number of H-pyrrole nitrogens is 1. The molecule has 1 aromatic heterocycles. The molecule has 7 nitrogen and oxygen atoms in total. The molecule has 0 bridgehead atoms. The zero-order chi connectivity index (χ0) is 26.0. The van der Waals surface area contributed by atoms with Gasteiger partial charge in [0.2, 0.25) is 10.0 Å². The number of nitrogens with zero attached hydrogens (tertiary/aromatic N) is 1. The van der Waals surface area contributed by atoms with Crippen LogP contribution in [0.2, 0.25) is 0 Å². The van der Waals surface area contributed by atoms with Gasteiger partial charge in [0.05, 0.1) is 11.4 Å². The summed E-state index contributed by atoms with van der Waals surface area (Å²) in [7, 11) is -3.84. The van der Waals surface area contributed by atoms with E-state index in [4.69, 9.17) is 9.47 Å². The fourth-order valence-electron chi connectivity index (χ4n) is 4.62. The number of hydrogen-bond acceptors (Lipinski definition) is 5. The Balaban J connectivity index is 1.83. The molecule has 8 heteroatoms. The monoisotopic (exact) mass is 510 g/mol. The number of sulfonamides is 1. The van der Waals surface area contributed by atoms with Gasteiger partial charge in [0.25, 0.3) is 0 Å². The molecule has 3 aromatic carbocycles. The van der Waals surface area contributed by atoms with Crippen LogP contribution in [-0.2, 0) is 26.0 Å². The lowest BCUT2D eigenvalue weighted by Gasteiger charge is -2.28. The van der Waals surface area contributed by atoms with E-state index in [-0.39, 0.29) is 23.7 Å². The number of phenols is 1. The van der Waals surface area contributed by atoms with Crippen LogP contribution in [0.1, 0.15) is 36.1 Å². The van der Waals surface area contributed by atoms with E-state index in [2.05, 4.69) is 4.98 Å². The number of rotatable bonds is 10. The molecule has 0 spiro atoms. The number of nitrogens with one attached hydrogen (secondary N) is 1. The number of phenolic OH excluding ortho intramolecular Hbond substituents is 1. The highest BCUT2D eigenvalue weighted by Crippen LogP contribution is 2.35. The fraction of sp³-hybridized carbons (Fsp3) is 0.357. The summed E-state index contributed by atoms with van der Waals surface area (Å²) in [5.74, 6) is 0.186. The minimum atomic E-state index is -3.84. The number of fused-ring (bicyclic) bond motifs is 3. The van der Waals surface area contributed by atoms with Crippen molar-refractivity contribution < 1.29 is 23.0 Å². The fourth-order valence-corrected chi connectivity index (χ4v) is 6.03. The summed E-state index contributed by atoms with van der Waals surface area (Å²) >= 11 is 0. The molecule has 0 aliphatic carbocycles. The van der Waals surface area contributed by atoms with Crippen LogP contribution in [0.4, 0.5) is 0 Å². The van der Waals surface area contributed by atoms with Crippen LogP contribution >= 0.6 is 0 Å². The Morgan fingerprint density at radius 3 is 2.28 bits per heavy atom. The highest BCUT2D eigenvalue weighted by Gasteiger charge is 2.29. The largest absolute Gasteiger partial charge is 0.508 e. The van der Waals surface area contributed by atoms with E-state index < -0.39 is 16.3 Å². The number of aromatic nitrogens is 1. The second-order valence-corrected chi connectivity index (χ2v) is 11.0. The summed E-state index contributed by atoms with van der Waals surface area (Å²) in [6, 6.07) is 14.1. The number of hydrogen-bond donors (Lipinski definition) is 2. The third-order valence-electron chi connectivity index (χ3n) is 6.49. The minimum Gasteiger partial charge on any atom is -0.508 e. The second-order valence-electron chi connectivity index (χ2n) is 9.03. The molecule has 0 unspecified atom stereocenters. The highest BCUT2D eigenvalue weighted by atomic mass is 32.2. The molecule has 192 valence electrons. The van der Waals surface area contributed by atoms with Gasteiger partial charge in [-0.3, -0.25) is 0 Å². The zero-order valence-corrected chi connectivity index (χ0v) is 22.3. The Labute approximate surface area is 212 Å². The predicted octanol–water partition coefficient (Wildman–Crippen LogP) is 5.54. The Morgan fingerprint density at radius 2 is 1.64 bits per heavy atom. The maximum absolute atomic E-state index is 13.8. The van der Waals surface area contributed by atoms with Crippen LogP contribution in [0.5, 0.6) is 5.75 Å². The summed E-state index contributed by atoms with van der Waals surface area (Å²) in [5, 5.41) is 12.0. The van der Waals surface area contributed by atoms with Crippen molar-refractivity contribution in [2.24, 2.45) is 0 Å². The highest BCUT2D eigenvalue weighted by molar-refractivity contribution is 7.89. The Hall–Kier alpha value is -2.91. The average Bonchev–Trinajstić information content (AvgIpc) is 3.22. The first-order valence-corrected chi connectivity index (χ1v) is 13.6. The van der Waals surface area contributed by atoms with E-state index in [0.717, 1.165) is 44.1 Å². The van der Waals surface area contributed by atoms with Crippen molar-refractivity contribution in [2.75, 3.05) is 19.8 Å². The van der Waals surface area contributed by atoms with E-state index in [9.17, 15) is 13.5 Å². The van der Waals surface area contributed by atoms with Crippen LogP contribution in [0.25, 0.3) is 21.8 Å². The Morgan fingerprint density at radius 1 is 0.972 bits per heavy atom. The molecule has 2 N–H and O–H groups in total. The van der Waals surface area contributed by atoms with Gasteiger partial charge in [-0.15, -0.1) is 0 Å². The molecule has 0 atom stereocenters. The predicted molar refractivity (Wildman–Crippen MR) is 143 cm³/mol. The standard InChI is InChI=1S/C28H34N2O5S/c1-6-34-26(35-7-2)17-30(36(32,33)23-11-8-18(3)9-12-23)16-21-14-19(4)28-27(20(21)5)24-15-22(31)10-13-25(24)29-28/h8-15,26,29,31H,6-7,16-17H2,1-5H3. The lowest BCUT2D eigenvalue weighted by atomic mass is 9.98. The second kappa shape index (κ2) is 10.6. The average molecular weight is 511 g/mol. The van der Waals surface area contributed by atoms with Crippen molar-refractivity contribution in [3.63, 3.8) is 0 Å². The summed E-state index contributed by atoms with van der Waals surface area (Å²) < 4.78 is 40.6. The maximum Gasteiger partial charge on any atom is 0.243 e. The van der Waals surface area contributed by atoms with E-state index in [1.54, 1.807) is 36.4 Å². The first-order chi connectivity index (χ1) is 17.1. The van der Waals surface area contributed by atoms with Crippen molar-refractivity contribution >= 4 is 31.8 Å². The van der Waals surface area contributed by atoms with Crippen molar-refractivity contribution in [1.82, 2.24) is 9.29 Å². The molecule has 0 aliphatic heterocycles. The zero-order valence-electron chi connectivity index (χ0n) is 21.5. The summed E-state index contributed by atoms with van der Waals surface area (Å²) in [6.07, 6.45) is -0.685. The van der Waals surface area contributed by atoms with Gasteiger partial charge in [-0.25, -0.2) is 8.42 Å². The number of aromatic amines is 1. The van der Waals surface area contributed by atoms with Crippen molar-refractivity contribution in [2.45, 2.75) is 52.3 Å². The summed E-state index contributed by atoms with van der Waals surface area (Å²) in [6.45, 7) is 10.7. The molecule has 0 aliphatic rings. The Kier molecular flexibility index (Phi) is 7.70. The maximum atomic E-state index is 13.8. The molecule has 1 heterocycles. The quantitative estimate of drug-likeness (QED) is 0.273. The van der Waals surface area contributed by atoms with Gasteiger partial charge in [0.15, 0.2) is 6.29 Å². The van der Waals surface area contributed by atoms with Crippen LogP contribution < -0.4 is 0 Å². The van der Waals surface area contributed by atoms with E-state index in [1.165, 1.54) is 4.31 Å². The molecule has 0 fully saturated rings. The number of benzene rings is 3. The van der Waals surface area contributed by atoms with Crippen molar-refractivity contribution in [1.29, 1.82) is 0 Å². The molecule has 0 amide bonds. The van der Waals surface area contributed by atoms with E-state index in [0.29, 0.717) is 13.2 Å². The molecular formula is C28H34N2O5S. The Bertz CT molecular complexity index is 1470. The van der Waals surface area contributed by atoms with Gasteiger partial charge in [0, 0.05) is 41.6 Å². The SMILES string of the molecule is CCOC(CN(Cc1cc(C)c2[nH]c3ccc(O)cc3c2c1C)S(=O)(=O)c1ccc(C)cc1)OCC. The number of ether oxygens (including phenoxy) is 2. The van der Waals surface area contributed by atoms with Crippen molar-refractivity contribution in [3.8, 4) is 5.75 Å². The molecule has 4 rings (SSSR count). The molecule has 4 aromatic rings.